The molecule has 0 spiro atoms. The second-order valence-corrected chi connectivity index (χ2v) is 5.75. The SMILES string of the molecule is CCC(O)(CC)CN1CC(C)Cc2ccccc21. The van der Waals surface area contributed by atoms with Gasteiger partial charge >= 0.3 is 0 Å². The van der Waals surface area contributed by atoms with Gasteiger partial charge < -0.3 is 10.0 Å². The summed E-state index contributed by atoms with van der Waals surface area (Å²) in [6.45, 7) is 8.24. The Labute approximate surface area is 111 Å². The monoisotopic (exact) mass is 247 g/mol. The van der Waals surface area contributed by atoms with Crippen molar-refractivity contribution in [3.8, 4) is 0 Å². The maximum Gasteiger partial charge on any atom is 0.0816 e. The standard InChI is InChI=1S/C16H25NO/c1-4-16(18,5-2)12-17-11-13(3)10-14-8-6-7-9-15(14)17/h6-9,13,18H,4-5,10-12H2,1-3H3. The Bertz CT molecular complexity index is 398. The fourth-order valence-electron chi connectivity index (χ4n) is 2.89. The fraction of sp³-hybridized carbons (Fsp3) is 0.625. The Balaban J connectivity index is 2.24. The van der Waals surface area contributed by atoms with Crippen molar-refractivity contribution in [2.24, 2.45) is 5.92 Å². The minimum absolute atomic E-state index is 0.551. The quantitative estimate of drug-likeness (QED) is 0.883. The average molecular weight is 247 g/mol. The Kier molecular flexibility index (Phi) is 3.96. The third-order valence-electron chi connectivity index (χ3n) is 4.23. The van der Waals surface area contributed by atoms with Crippen molar-refractivity contribution < 1.29 is 5.11 Å². The normalized spacial score (nSPS) is 19.8. The van der Waals surface area contributed by atoms with Gasteiger partial charge in [-0.25, -0.2) is 0 Å². The van der Waals surface area contributed by atoms with Crippen molar-refractivity contribution in [3.63, 3.8) is 0 Å². The van der Waals surface area contributed by atoms with Crippen molar-refractivity contribution in [1.29, 1.82) is 0 Å². The second kappa shape index (κ2) is 5.31. The third kappa shape index (κ3) is 2.69. The molecule has 0 bridgehead atoms. The largest absolute Gasteiger partial charge is 0.388 e. The lowest BCUT2D eigenvalue weighted by molar-refractivity contribution is 0.0384. The summed E-state index contributed by atoms with van der Waals surface area (Å²) in [5.74, 6) is 0.665. The predicted octanol–water partition coefficient (Wildman–Crippen LogP) is 3.24. The zero-order chi connectivity index (χ0) is 13.2. The number of hydrogen-bond acceptors (Lipinski definition) is 2. The van der Waals surface area contributed by atoms with Gasteiger partial charge in [0.05, 0.1) is 5.60 Å². The van der Waals surface area contributed by atoms with Crippen LogP contribution in [-0.2, 0) is 6.42 Å². The summed E-state index contributed by atoms with van der Waals surface area (Å²) >= 11 is 0. The third-order valence-corrected chi connectivity index (χ3v) is 4.23. The van der Waals surface area contributed by atoms with Crippen molar-refractivity contribution >= 4 is 5.69 Å². The molecule has 0 amide bonds. The fourth-order valence-corrected chi connectivity index (χ4v) is 2.89. The first-order valence-corrected chi connectivity index (χ1v) is 7.13. The first-order chi connectivity index (χ1) is 8.58. The molecule has 18 heavy (non-hydrogen) atoms. The van der Waals surface area contributed by atoms with Crippen LogP contribution in [0, 0.1) is 5.92 Å². The molecule has 0 aromatic heterocycles. The molecule has 1 aliphatic rings. The summed E-state index contributed by atoms with van der Waals surface area (Å²) < 4.78 is 0. The molecule has 0 fully saturated rings. The van der Waals surface area contributed by atoms with Gasteiger partial charge in [-0.15, -0.1) is 0 Å². The zero-order valence-corrected chi connectivity index (χ0v) is 11.8. The molecule has 0 radical (unpaired) electrons. The van der Waals surface area contributed by atoms with E-state index < -0.39 is 5.60 Å². The number of nitrogens with zero attached hydrogens (tertiary/aromatic N) is 1. The molecule has 1 heterocycles. The van der Waals surface area contributed by atoms with E-state index in [4.69, 9.17) is 0 Å². The van der Waals surface area contributed by atoms with E-state index in [1.54, 1.807) is 0 Å². The number of β-amino-alcohol motifs (C(OH)–C–C–N with tert-alkyl or cyclic N) is 1. The smallest absolute Gasteiger partial charge is 0.0816 e. The summed E-state index contributed by atoms with van der Waals surface area (Å²) in [6, 6.07) is 8.61. The molecule has 0 saturated heterocycles. The van der Waals surface area contributed by atoms with Gasteiger partial charge in [0.1, 0.15) is 0 Å². The van der Waals surface area contributed by atoms with Crippen LogP contribution in [0.2, 0.25) is 0 Å². The lowest BCUT2D eigenvalue weighted by Gasteiger charge is -2.40. The molecule has 0 saturated carbocycles. The minimum Gasteiger partial charge on any atom is -0.388 e. The van der Waals surface area contributed by atoms with Crippen LogP contribution in [0.5, 0.6) is 0 Å². The van der Waals surface area contributed by atoms with E-state index in [9.17, 15) is 5.11 Å². The summed E-state index contributed by atoms with van der Waals surface area (Å²) in [5.41, 5.74) is 2.19. The molecule has 1 aromatic carbocycles. The molecule has 2 heteroatoms. The van der Waals surface area contributed by atoms with Crippen LogP contribution >= 0.6 is 0 Å². The molecule has 1 aromatic rings. The van der Waals surface area contributed by atoms with Crippen LogP contribution in [0.3, 0.4) is 0 Å². The van der Waals surface area contributed by atoms with Crippen molar-refractivity contribution in [3.05, 3.63) is 29.8 Å². The molecular formula is C16H25NO. The summed E-state index contributed by atoms with van der Waals surface area (Å²) in [6.07, 6.45) is 2.79. The van der Waals surface area contributed by atoms with E-state index in [1.807, 2.05) is 0 Å². The van der Waals surface area contributed by atoms with E-state index in [1.165, 1.54) is 11.3 Å². The van der Waals surface area contributed by atoms with Gasteiger partial charge in [-0.3, -0.25) is 0 Å². The summed E-state index contributed by atoms with van der Waals surface area (Å²) in [5, 5.41) is 10.6. The number of hydrogen-bond donors (Lipinski definition) is 1. The summed E-state index contributed by atoms with van der Waals surface area (Å²) in [4.78, 5) is 2.37. The van der Waals surface area contributed by atoms with Crippen molar-refractivity contribution in [2.45, 2.75) is 45.6 Å². The molecule has 100 valence electrons. The molecule has 1 N–H and O–H groups in total. The molecule has 1 atom stereocenters. The zero-order valence-electron chi connectivity index (χ0n) is 11.8. The van der Waals surface area contributed by atoms with Gasteiger partial charge in [0.25, 0.3) is 0 Å². The van der Waals surface area contributed by atoms with Crippen LogP contribution in [-0.4, -0.2) is 23.8 Å². The van der Waals surface area contributed by atoms with E-state index >= 15 is 0 Å². The Morgan fingerprint density at radius 2 is 1.94 bits per heavy atom. The number of aliphatic hydroxyl groups is 1. The maximum absolute atomic E-state index is 10.6. The van der Waals surface area contributed by atoms with Crippen molar-refractivity contribution in [1.82, 2.24) is 0 Å². The highest BCUT2D eigenvalue weighted by Crippen LogP contribution is 2.31. The minimum atomic E-state index is -0.551. The molecule has 2 rings (SSSR count). The van der Waals surface area contributed by atoms with Crippen molar-refractivity contribution in [2.75, 3.05) is 18.0 Å². The van der Waals surface area contributed by atoms with Crippen LogP contribution in [0.4, 0.5) is 5.69 Å². The first-order valence-electron chi connectivity index (χ1n) is 7.13. The lowest BCUT2D eigenvalue weighted by atomic mass is 9.90. The Morgan fingerprint density at radius 1 is 1.28 bits per heavy atom. The predicted molar refractivity (Wildman–Crippen MR) is 77.1 cm³/mol. The van der Waals surface area contributed by atoms with E-state index in [0.29, 0.717) is 5.92 Å². The highest BCUT2D eigenvalue weighted by molar-refractivity contribution is 5.56. The number of para-hydroxylation sites is 1. The van der Waals surface area contributed by atoms with E-state index in [0.717, 1.165) is 32.4 Å². The van der Waals surface area contributed by atoms with Gasteiger partial charge in [-0.2, -0.15) is 0 Å². The van der Waals surface area contributed by atoms with Gasteiger partial charge in [0, 0.05) is 18.8 Å². The Hall–Kier alpha value is -1.02. The average Bonchev–Trinajstić information content (AvgIpc) is 2.38. The van der Waals surface area contributed by atoms with Crippen LogP contribution in [0.15, 0.2) is 24.3 Å². The van der Waals surface area contributed by atoms with Crippen LogP contribution in [0.25, 0.3) is 0 Å². The first kappa shape index (κ1) is 13.4. The van der Waals surface area contributed by atoms with Gasteiger partial charge in [-0.1, -0.05) is 39.0 Å². The molecule has 1 aliphatic heterocycles. The highest BCUT2D eigenvalue weighted by atomic mass is 16.3. The van der Waals surface area contributed by atoms with Crippen LogP contribution in [0.1, 0.15) is 39.2 Å². The van der Waals surface area contributed by atoms with Gasteiger partial charge in [0.2, 0.25) is 0 Å². The topological polar surface area (TPSA) is 23.5 Å². The second-order valence-electron chi connectivity index (χ2n) is 5.75. The number of rotatable bonds is 4. The van der Waals surface area contributed by atoms with E-state index in [2.05, 4.69) is 49.9 Å². The molecule has 1 unspecified atom stereocenters. The van der Waals surface area contributed by atoms with Gasteiger partial charge in [-0.05, 0) is 36.8 Å². The maximum atomic E-state index is 10.6. The summed E-state index contributed by atoms with van der Waals surface area (Å²) in [7, 11) is 0. The lowest BCUT2D eigenvalue weighted by Crippen LogP contribution is -2.46. The molecule has 0 aliphatic carbocycles. The van der Waals surface area contributed by atoms with Crippen LogP contribution < -0.4 is 4.90 Å². The number of fused-ring (bicyclic) bond motifs is 1. The van der Waals surface area contributed by atoms with E-state index in [-0.39, 0.29) is 0 Å². The molecular weight excluding hydrogens is 222 g/mol. The Morgan fingerprint density at radius 3 is 2.61 bits per heavy atom. The highest BCUT2D eigenvalue weighted by Gasteiger charge is 2.29. The number of benzene rings is 1. The van der Waals surface area contributed by atoms with Gasteiger partial charge in [0.15, 0.2) is 0 Å². The molecule has 2 nitrogen and oxygen atoms in total. The number of anilines is 1.